The van der Waals surface area contributed by atoms with Crippen molar-refractivity contribution < 1.29 is 4.42 Å². The van der Waals surface area contributed by atoms with E-state index >= 15 is 0 Å². The molecule has 0 aliphatic rings. The highest BCUT2D eigenvalue weighted by atomic mass is 35.5. The van der Waals surface area contributed by atoms with Gasteiger partial charge in [0, 0.05) is 27.2 Å². The highest BCUT2D eigenvalue weighted by Crippen LogP contribution is 2.32. The molecule has 5 aromatic rings. The first kappa shape index (κ1) is 20.5. The molecule has 0 fully saturated rings. The standard InChI is InChI=1S/C21H9Cl4N3O2S/c22-10-2-5-15(24)14(7-10)17-6-3-12(30-17)9-18-20(29)28-21(31-18)26-19(27-28)13-4-1-11(23)8-16(13)25/h1-9H/b18-9-. The summed E-state index contributed by atoms with van der Waals surface area (Å²) in [6.07, 6.45) is 1.64. The summed E-state index contributed by atoms with van der Waals surface area (Å²) in [5, 5.41) is 6.28. The van der Waals surface area contributed by atoms with Gasteiger partial charge >= 0.3 is 0 Å². The van der Waals surface area contributed by atoms with Gasteiger partial charge < -0.3 is 4.42 Å². The van der Waals surface area contributed by atoms with Gasteiger partial charge in [-0.25, -0.2) is 0 Å². The highest BCUT2D eigenvalue weighted by molar-refractivity contribution is 7.15. The Morgan fingerprint density at radius 2 is 1.68 bits per heavy atom. The lowest BCUT2D eigenvalue weighted by Crippen LogP contribution is -2.23. The van der Waals surface area contributed by atoms with E-state index in [1.807, 2.05) is 0 Å². The fourth-order valence-electron chi connectivity index (χ4n) is 3.01. The number of furan rings is 1. The van der Waals surface area contributed by atoms with Gasteiger partial charge in [-0.2, -0.15) is 9.50 Å². The van der Waals surface area contributed by atoms with Gasteiger partial charge in [-0.3, -0.25) is 4.79 Å². The van der Waals surface area contributed by atoms with Gasteiger partial charge in [-0.15, -0.1) is 5.10 Å². The number of benzene rings is 2. The molecule has 0 bridgehead atoms. The van der Waals surface area contributed by atoms with Crippen molar-refractivity contribution >= 4 is 68.8 Å². The van der Waals surface area contributed by atoms with Gasteiger partial charge in [0.25, 0.3) is 5.56 Å². The maximum atomic E-state index is 12.8. The highest BCUT2D eigenvalue weighted by Gasteiger charge is 2.15. The lowest BCUT2D eigenvalue weighted by molar-refractivity contribution is 0.571. The summed E-state index contributed by atoms with van der Waals surface area (Å²) in [4.78, 5) is 17.7. The van der Waals surface area contributed by atoms with Crippen molar-refractivity contribution in [2.75, 3.05) is 0 Å². The fraction of sp³-hybridized carbons (Fsp3) is 0. The minimum absolute atomic E-state index is 0.303. The van der Waals surface area contributed by atoms with Crippen LogP contribution in [0.3, 0.4) is 0 Å². The van der Waals surface area contributed by atoms with E-state index in [4.69, 9.17) is 50.8 Å². The number of nitrogens with zero attached hydrogens (tertiary/aromatic N) is 3. The molecule has 3 heterocycles. The number of hydrogen-bond donors (Lipinski definition) is 0. The predicted octanol–water partition coefficient (Wildman–Crippen LogP) is 6.24. The summed E-state index contributed by atoms with van der Waals surface area (Å²) in [6, 6.07) is 13.6. The molecule has 0 aliphatic heterocycles. The van der Waals surface area contributed by atoms with Crippen LogP contribution in [0.15, 0.2) is 57.7 Å². The third-order valence-corrected chi connectivity index (χ3v) is 6.52. The van der Waals surface area contributed by atoms with Crippen molar-refractivity contribution in [1.29, 1.82) is 0 Å². The van der Waals surface area contributed by atoms with Gasteiger partial charge in [0.2, 0.25) is 4.96 Å². The lowest BCUT2D eigenvalue weighted by Gasteiger charge is -2.00. The van der Waals surface area contributed by atoms with Crippen molar-refractivity contribution in [3.63, 3.8) is 0 Å². The van der Waals surface area contributed by atoms with E-state index in [9.17, 15) is 4.79 Å². The van der Waals surface area contributed by atoms with Crippen LogP contribution in [0, 0.1) is 0 Å². The molecule has 0 saturated heterocycles. The summed E-state index contributed by atoms with van der Waals surface area (Å²) in [7, 11) is 0. The first-order chi connectivity index (χ1) is 14.9. The van der Waals surface area contributed by atoms with Crippen molar-refractivity contribution in [1.82, 2.24) is 14.6 Å². The zero-order valence-corrected chi connectivity index (χ0v) is 19.1. The minimum Gasteiger partial charge on any atom is -0.457 e. The Hall–Kier alpha value is -2.35. The maximum absolute atomic E-state index is 12.8. The molecule has 0 spiro atoms. The first-order valence-electron chi connectivity index (χ1n) is 8.81. The molecule has 0 aliphatic carbocycles. The molecule has 0 saturated carbocycles. The largest absolute Gasteiger partial charge is 0.457 e. The van der Waals surface area contributed by atoms with Crippen LogP contribution < -0.4 is 10.1 Å². The zero-order valence-electron chi connectivity index (χ0n) is 15.3. The summed E-state index contributed by atoms with van der Waals surface area (Å²) >= 11 is 25.6. The lowest BCUT2D eigenvalue weighted by atomic mass is 10.2. The van der Waals surface area contributed by atoms with Gasteiger partial charge in [-0.1, -0.05) is 57.7 Å². The molecule has 2 aromatic carbocycles. The second kappa shape index (κ2) is 7.97. The Labute approximate surface area is 199 Å². The molecule has 5 rings (SSSR count). The molecular formula is C21H9Cl4N3O2S. The van der Waals surface area contributed by atoms with Crippen molar-refractivity contribution in [3.05, 3.63) is 89.3 Å². The molecule has 31 heavy (non-hydrogen) atoms. The predicted molar refractivity (Wildman–Crippen MR) is 126 cm³/mol. The van der Waals surface area contributed by atoms with Gasteiger partial charge in [0.05, 0.1) is 10.0 Å². The number of fused-ring (bicyclic) bond motifs is 1. The van der Waals surface area contributed by atoms with Gasteiger partial charge in [0.1, 0.15) is 16.1 Å². The van der Waals surface area contributed by atoms with E-state index in [1.54, 1.807) is 54.6 Å². The van der Waals surface area contributed by atoms with Gasteiger partial charge in [0.15, 0.2) is 5.82 Å². The van der Waals surface area contributed by atoms with Crippen LogP contribution in [0.25, 0.3) is 33.7 Å². The van der Waals surface area contributed by atoms with E-state index in [0.717, 1.165) is 0 Å². The molecule has 0 amide bonds. The van der Waals surface area contributed by atoms with Crippen LogP contribution in [0.1, 0.15) is 5.76 Å². The second-order valence-corrected chi connectivity index (χ2v) is 9.19. The van der Waals surface area contributed by atoms with Crippen LogP contribution in [0.2, 0.25) is 20.1 Å². The molecule has 154 valence electrons. The normalized spacial score (nSPS) is 12.2. The van der Waals surface area contributed by atoms with Crippen LogP contribution in [-0.4, -0.2) is 14.6 Å². The van der Waals surface area contributed by atoms with Crippen LogP contribution in [-0.2, 0) is 0 Å². The van der Waals surface area contributed by atoms with E-state index in [-0.39, 0.29) is 5.56 Å². The molecule has 3 aromatic heterocycles. The van der Waals surface area contributed by atoms with E-state index in [2.05, 4.69) is 10.1 Å². The van der Waals surface area contributed by atoms with Crippen molar-refractivity contribution in [3.8, 4) is 22.7 Å². The fourth-order valence-corrected chi connectivity index (χ4v) is 4.77. The Balaban J connectivity index is 1.53. The third-order valence-electron chi connectivity index (χ3n) is 4.45. The smallest absolute Gasteiger partial charge is 0.291 e. The van der Waals surface area contributed by atoms with Gasteiger partial charge in [-0.05, 0) is 48.5 Å². The summed E-state index contributed by atoms with van der Waals surface area (Å²) in [6.45, 7) is 0. The molecule has 0 atom stereocenters. The van der Waals surface area contributed by atoms with Crippen LogP contribution in [0.5, 0.6) is 0 Å². The number of aromatic nitrogens is 3. The Morgan fingerprint density at radius 3 is 2.45 bits per heavy atom. The SMILES string of the molecule is O=c1/c(=C/c2ccc(-c3cc(Cl)ccc3Cl)o2)sc2nc(-c3ccc(Cl)cc3Cl)nn12. The van der Waals surface area contributed by atoms with E-state index in [1.165, 1.54) is 15.9 Å². The minimum atomic E-state index is -0.303. The van der Waals surface area contributed by atoms with Crippen LogP contribution in [0.4, 0.5) is 0 Å². The molecular weight excluding hydrogens is 500 g/mol. The molecule has 10 heteroatoms. The van der Waals surface area contributed by atoms with Crippen LogP contribution >= 0.6 is 57.7 Å². The molecule has 0 unspecified atom stereocenters. The average Bonchev–Trinajstić information content (AvgIpc) is 3.42. The van der Waals surface area contributed by atoms with Crippen molar-refractivity contribution in [2.45, 2.75) is 0 Å². The first-order valence-corrected chi connectivity index (χ1v) is 11.1. The summed E-state index contributed by atoms with van der Waals surface area (Å²) in [5.41, 5.74) is 0.965. The Kier molecular flexibility index (Phi) is 5.28. The van der Waals surface area contributed by atoms with E-state index < -0.39 is 0 Å². The zero-order chi connectivity index (χ0) is 21.7. The number of hydrogen-bond acceptors (Lipinski definition) is 5. The Bertz CT molecular complexity index is 1570. The molecule has 0 radical (unpaired) electrons. The van der Waals surface area contributed by atoms with E-state index in [0.29, 0.717) is 58.1 Å². The second-order valence-electron chi connectivity index (χ2n) is 6.50. The number of thiazole rings is 1. The molecule has 5 nitrogen and oxygen atoms in total. The quantitative estimate of drug-likeness (QED) is 0.289. The number of rotatable bonds is 3. The number of halogens is 4. The topological polar surface area (TPSA) is 60.4 Å². The third kappa shape index (κ3) is 3.86. The maximum Gasteiger partial charge on any atom is 0.291 e. The molecule has 0 N–H and O–H groups in total. The monoisotopic (exact) mass is 507 g/mol. The average molecular weight is 509 g/mol. The Morgan fingerprint density at radius 1 is 0.903 bits per heavy atom. The summed E-state index contributed by atoms with van der Waals surface area (Å²) < 4.78 is 7.52. The van der Waals surface area contributed by atoms with Crippen molar-refractivity contribution in [2.24, 2.45) is 0 Å². The summed E-state index contributed by atoms with van der Waals surface area (Å²) in [5.74, 6) is 1.39.